The van der Waals surface area contributed by atoms with E-state index in [0.717, 1.165) is 18.8 Å². The normalized spacial score (nSPS) is 26.1. The van der Waals surface area contributed by atoms with E-state index >= 15 is 0 Å². The van der Waals surface area contributed by atoms with Gasteiger partial charge in [-0.15, -0.1) is 24.8 Å². The third kappa shape index (κ3) is 3.03. The van der Waals surface area contributed by atoms with Gasteiger partial charge < -0.3 is 10.2 Å². The number of nitrogens with zero attached hydrogens (tertiary/aromatic N) is 1. The molecule has 2 nitrogen and oxygen atoms in total. The van der Waals surface area contributed by atoms with Crippen molar-refractivity contribution < 1.29 is 4.39 Å². The summed E-state index contributed by atoms with van der Waals surface area (Å²) in [5.41, 5.74) is 1.15. The topological polar surface area (TPSA) is 15.3 Å². The Kier molecular flexibility index (Phi) is 5.04. The predicted molar refractivity (Wildman–Crippen MR) is 73.1 cm³/mol. The summed E-state index contributed by atoms with van der Waals surface area (Å²) in [6.07, 6.45) is 2.56. The zero-order valence-corrected chi connectivity index (χ0v) is 11.1. The highest BCUT2D eigenvalue weighted by molar-refractivity contribution is 5.85. The number of nitrogens with one attached hydrogen (secondary N) is 1. The van der Waals surface area contributed by atoms with Gasteiger partial charge in [-0.3, -0.25) is 0 Å². The Hall–Kier alpha value is -0.510. The summed E-state index contributed by atoms with van der Waals surface area (Å²) in [5.74, 6) is -0.156. The summed E-state index contributed by atoms with van der Waals surface area (Å²) < 4.78 is 12.8. The zero-order valence-electron chi connectivity index (χ0n) is 9.43. The van der Waals surface area contributed by atoms with Crippen molar-refractivity contribution in [3.8, 4) is 0 Å². The van der Waals surface area contributed by atoms with Gasteiger partial charge in [-0.1, -0.05) is 0 Å². The van der Waals surface area contributed by atoms with Gasteiger partial charge >= 0.3 is 0 Å². The lowest BCUT2D eigenvalue weighted by atomic mass is 10.2. The van der Waals surface area contributed by atoms with Gasteiger partial charge in [-0.25, -0.2) is 4.39 Å². The molecule has 0 aromatic heterocycles. The minimum absolute atomic E-state index is 0. The molecule has 0 aliphatic carbocycles. The fraction of sp³-hybridized carbons (Fsp3) is 0.500. The second-order valence-electron chi connectivity index (χ2n) is 4.52. The van der Waals surface area contributed by atoms with E-state index < -0.39 is 0 Å². The van der Waals surface area contributed by atoms with Gasteiger partial charge in [-0.05, 0) is 37.1 Å². The lowest BCUT2D eigenvalue weighted by molar-refractivity contribution is 0.465. The molecule has 2 aliphatic heterocycles. The number of halogens is 3. The molecule has 2 aliphatic rings. The van der Waals surface area contributed by atoms with Crippen molar-refractivity contribution in [1.82, 2.24) is 5.32 Å². The number of benzene rings is 1. The van der Waals surface area contributed by atoms with Gasteiger partial charge in [0.25, 0.3) is 0 Å². The van der Waals surface area contributed by atoms with E-state index in [0.29, 0.717) is 12.1 Å². The van der Waals surface area contributed by atoms with Gasteiger partial charge in [-0.2, -0.15) is 0 Å². The Morgan fingerprint density at radius 2 is 1.53 bits per heavy atom. The van der Waals surface area contributed by atoms with Crippen molar-refractivity contribution >= 4 is 30.5 Å². The molecule has 96 valence electrons. The number of hydrogen-bond acceptors (Lipinski definition) is 2. The molecule has 0 radical (unpaired) electrons. The lowest BCUT2D eigenvalue weighted by Crippen LogP contribution is -2.51. The van der Waals surface area contributed by atoms with Crippen LogP contribution in [0, 0.1) is 5.82 Å². The summed E-state index contributed by atoms with van der Waals surface area (Å²) in [5, 5.41) is 3.59. The molecule has 5 heteroatoms. The van der Waals surface area contributed by atoms with Crippen LogP contribution in [0.1, 0.15) is 12.8 Å². The van der Waals surface area contributed by atoms with Crippen molar-refractivity contribution in [3.63, 3.8) is 0 Å². The highest BCUT2D eigenvalue weighted by Crippen LogP contribution is 2.25. The van der Waals surface area contributed by atoms with Crippen molar-refractivity contribution in [3.05, 3.63) is 30.1 Å². The van der Waals surface area contributed by atoms with Crippen LogP contribution in [0.2, 0.25) is 0 Å². The molecule has 1 aromatic carbocycles. The number of anilines is 1. The molecule has 2 bridgehead atoms. The molecular weight excluding hydrogens is 262 g/mol. The second kappa shape index (κ2) is 5.89. The molecular formula is C12H17Cl2FN2. The Bertz CT molecular complexity index is 346. The van der Waals surface area contributed by atoms with Crippen LogP contribution >= 0.6 is 24.8 Å². The first-order chi connectivity index (χ1) is 7.31. The van der Waals surface area contributed by atoms with Crippen LogP contribution in [0.3, 0.4) is 0 Å². The van der Waals surface area contributed by atoms with Gasteiger partial charge in [0.05, 0.1) is 0 Å². The highest BCUT2D eigenvalue weighted by atomic mass is 35.5. The maximum absolute atomic E-state index is 12.8. The fourth-order valence-electron chi connectivity index (χ4n) is 2.66. The molecule has 0 amide bonds. The molecule has 2 atom stereocenters. The van der Waals surface area contributed by atoms with Crippen LogP contribution in [0.4, 0.5) is 10.1 Å². The van der Waals surface area contributed by atoms with Crippen molar-refractivity contribution in [2.24, 2.45) is 0 Å². The maximum atomic E-state index is 12.8. The fourth-order valence-corrected chi connectivity index (χ4v) is 2.66. The number of piperazine rings is 1. The van der Waals surface area contributed by atoms with Gasteiger partial charge in [0, 0.05) is 30.9 Å². The first-order valence-electron chi connectivity index (χ1n) is 5.58. The van der Waals surface area contributed by atoms with E-state index in [1.54, 1.807) is 12.1 Å². The minimum Gasteiger partial charge on any atom is -0.368 e. The standard InChI is InChI=1S/C12H15FN2.2ClH/c13-9-1-5-12(6-2-9)15-7-10-3-4-11(8-15)14-10;;/h1-2,5-6,10-11,14H,3-4,7-8H2;2*1H. The van der Waals surface area contributed by atoms with E-state index in [1.807, 2.05) is 12.1 Å². The van der Waals surface area contributed by atoms with E-state index in [4.69, 9.17) is 0 Å². The highest BCUT2D eigenvalue weighted by Gasteiger charge is 2.31. The Morgan fingerprint density at radius 3 is 2.06 bits per heavy atom. The summed E-state index contributed by atoms with van der Waals surface area (Å²) >= 11 is 0. The van der Waals surface area contributed by atoms with E-state index in [2.05, 4.69) is 10.2 Å². The second-order valence-corrected chi connectivity index (χ2v) is 4.52. The van der Waals surface area contributed by atoms with Crippen LogP contribution in [0.25, 0.3) is 0 Å². The monoisotopic (exact) mass is 278 g/mol. The smallest absolute Gasteiger partial charge is 0.123 e. The minimum atomic E-state index is -0.156. The Balaban J connectivity index is 0.000000722. The lowest BCUT2D eigenvalue weighted by Gasteiger charge is -2.34. The number of rotatable bonds is 1. The van der Waals surface area contributed by atoms with E-state index in [9.17, 15) is 4.39 Å². The van der Waals surface area contributed by atoms with E-state index in [-0.39, 0.29) is 30.6 Å². The SMILES string of the molecule is Cl.Cl.Fc1ccc(N2CC3CCC(C2)N3)cc1. The average Bonchev–Trinajstić information content (AvgIpc) is 2.59. The molecule has 2 unspecified atom stereocenters. The summed E-state index contributed by atoms with van der Waals surface area (Å²) in [4.78, 5) is 2.36. The molecule has 2 saturated heterocycles. The molecule has 2 heterocycles. The number of hydrogen-bond donors (Lipinski definition) is 1. The maximum Gasteiger partial charge on any atom is 0.123 e. The van der Waals surface area contributed by atoms with Gasteiger partial charge in [0.1, 0.15) is 5.82 Å². The van der Waals surface area contributed by atoms with Crippen LogP contribution in [-0.2, 0) is 0 Å². The van der Waals surface area contributed by atoms with Gasteiger partial charge in [0.15, 0.2) is 0 Å². The summed E-state index contributed by atoms with van der Waals surface area (Å²) in [6.45, 7) is 2.12. The first kappa shape index (κ1) is 14.6. The molecule has 1 aromatic rings. The largest absolute Gasteiger partial charge is 0.368 e. The zero-order chi connectivity index (χ0) is 10.3. The van der Waals surface area contributed by atoms with Crippen molar-refractivity contribution in [2.75, 3.05) is 18.0 Å². The molecule has 17 heavy (non-hydrogen) atoms. The van der Waals surface area contributed by atoms with Crippen LogP contribution in [0.15, 0.2) is 24.3 Å². The van der Waals surface area contributed by atoms with Gasteiger partial charge in [0.2, 0.25) is 0 Å². The first-order valence-corrected chi connectivity index (χ1v) is 5.58. The quantitative estimate of drug-likeness (QED) is 0.850. The molecule has 1 N–H and O–H groups in total. The van der Waals surface area contributed by atoms with Crippen LogP contribution in [-0.4, -0.2) is 25.2 Å². The predicted octanol–water partition coefficient (Wildman–Crippen LogP) is 2.61. The summed E-state index contributed by atoms with van der Waals surface area (Å²) in [7, 11) is 0. The number of fused-ring (bicyclic) bond motifs is 2. The molecule has 0 saturated carbocycles. The molecule has 0 spiro atoms. The van der Waals surface area contributed by atoms with Crippen LogP contribution < -0.4 is 10.2 Å². The van der Waals surface area contributed by atoms with Crippen LogP contribution in [0.5, 0.6) is 0 Å². The van der Waals surface area contributed by atoms with Crippen molar-refractivity contribution in [2.45, 2.75) is 24.9 Å². The third-order valence-electron chi connectivity index (χ3n) is 3.41. The Labute approximate surface area is 113 Å². The summed E-state index contributed by atoms with van der Waals surface area (Å²) in [6, 6.07) is 8.10. The molecule has 3 rings (SSSR count). The van der Waals surface area contributed by atoms with E-state index in [1.165, 1.54) is 12.8 Å². The molecule has 2 fully saturated rings. The van der Waals surface area contributed by atoms with Crippen molar-refractivity contribution in [1.29, 1.82) is 0 Å². The third-order valence-corrected chi connectivity index (χ3v) is 3.41. The Morgan fingerprint density at radius 1 is 1.00 bits per heavy atom. The average molecular weight is 279 g/mol.